The van der Waals surface area contributed by atoms with E-state index in [2.05, 4.69) is 10.2 Å². The van der Waals surface area contributed by atoms with Gasteiger partial charge < -0.3 is 0 Å². The number of hydrogen-bond donors (Lipinski definition) is 2. The van der Waals surface area contributed by atoms with Gasteiger partial charge in [-0.2, -0.15) is 18.3 Å². The van der Waals surface area contributed by atoms with Crippen molar-refractivity contribution in [3.8, 4) is 0 Å². The van der Waals surface area contributed by atoms with Crippen LogP contribution in [0.15, 0.2) is 17.3 Å². The highest BCUT2D eigenvalue weighted by Crippen LogP contribution is 2.20. The van der Waals surface area contributed by atoms with Gasteiger partial charge in [-0.25, -0.2) is 13.1 Å². The summed E-state index contributed by atoms with van der Waals surface area (Å²) in [5, 5.41) is 5.73. The summed E-state index contributed by atoms with van der Waals surface area (Å²) in [6.07, 6.45) is -3.35. The van der Waals surface area contributed by atoms with Crippen molar-refractivity contribution in [3.05, 3.63) is 12.4 Å². The summed E-state index contributed by atoms with van der Waals surface area (Å²) >= 11 is 0. The second kappa shape index (κ2) is 4.83. The number of halogens is 3. The minimum Gasteiger partial charge on any atom is -0.284 e. The third-order valence-electron chi connectivity index (χ3n) is 1.71. The van der Waals surface area contributed by atoms with E-state index in [1.807, 2.05) is 4.72 Å². The molecule has 0 bridgehead atoms. The van der Waals surface area contributed by atoms with Crippen LogP contribution in [0.25, 0.3) is 0 Å². The number of sulfonamides is 1. The van der Waals surface area contributed by atoms with Gasteiger partial charge in [-0.15, -0.1) is 0 Å². The summed E-state index contributed by atoms with van der Waals surface area (Å²) < 4.78 is 60.0. The second-order valence-electron chi connectivity index (χ2n) is 3.05. The smallest absolute Gasteiger partial charge is 0.284 e. The van der Waals surface area contributed by atoms with Gasteiger partial charge in [-0.1, -0.05) is 0 Å². The molecule has 16 heavy (non-hydrogen) atoms. The van der Waals surface area contributed by atoms with Crippen LogP contribution in [-0.4, -0.2) is 31.3 Å². The van der Waals surface area contributed by atoms with Gasteiger partial charge >= 0.3 is 6.18 Å². The fourth-order valence-corrected chi connectivity index (χ4v) is 1.94. The maximum atomic E-state index is 11.8. The minimum atomic E-state index is -4.26. The predicted octanol–water partition coefficient (Wildman–Crippen LogP) is 1.03. The van der Waals surface area contributed by atoms with Crippen molar-refractivity contribution in [1.82, 2.24) is 14.9 Å². The van der Waals surface area contributed by atoms with E-state index in [-0.39, 0.29) is 17.9 Å². The van der Waals surface area contributed by atoms with E-state index in [1.165, 1.54) is 0 Å². The Bertz CT molecular complexity index is 413. The van der Waals surface area contributed by atoms with Gasteiger partial charge in [0.25, 0.3) is 0 Å². The summed E-state index contributed by atoms with van der Waals surface area (Å²) in [6, 6.07) is 0. The first-order valence-electron chi connectivity index (χ1n) is 4.36. The molecular weight excluding hydrogens is 247 g/mol. The van der Waals surface area contributed by atoms with Crippen molar-refractivity contribution in [2.24, 2.45) is 0 Å². The molecule has 1 aromatic heterocycles. The number of aromatic amines is 1. The molecule has 0 aliphatic rings. The first-order chi connectivity index (χ1) is 7.31. The molecule has 5 nitrogen and oxygen atoms in total. The molecule has 1 heterocycles. The van der Waals surface area contributed by atoms with Crippen molar-refractivity contribution >= 4 is 10.0 Å². The van der Waals surface area contributed by atoms with Crippen LogP contribution in [0.1, 0.15) is 12.8 Å². The van der Waals surface area contributed by atoms with E-state index in [9.17, 15) is 21.6 Å². The summed E-state index contributed by atoms with van der Waals surface area (Å²) in [5.74, 6) is 0. The molecule has 0 aliphatic carbocycles. The van der Waals surface area contributed by atoms with E-state index in [0.717, 1.165) is 12.4 Å². The molecule has 0 saturated carbocycles. The molecule has 9 heteroatoms. The lowest BCUT2D eigenvalue weighted by molar-refractivity contribution is -0.135. The predicted molar refractivity (Wildman–Crippen MR) is 49.1 cm³/mol. The first-order valence-corrected chi connectivity index (χ1v) is 5.85. The van der Waals surface area contributed by atoms with Crippen LogP contribution in [-0.2, 0) is 10.0 Å². The summed E-state index contributed by atoms with van der Waals surface area (Å²) in [6.45, 7) is -0.257. The maximum absolute atomic E-state index is 11.8. The minimum absolute atomic E-state index is 0.0977. The molecule has 1 aromatic rings. The number of alkyl halides is 3. The Morgan fingerprint density at radius 3 is 2.62 bits per heavy atom. The van der Waals surface area contributed by atoms with Crippen LogP contribution in [0.5, 0.6) is 0 Å². The summed E-state index contributed by atoms with van der Waals surface area (Å²) in [4.78, 5) is -0.0977. The van der Waals surface area contributed by atoms with Crippen LogP contribution >= 0.6 is 0 Å². The topological polar surface area (TPSA) is 74.8 Å². The number of hydrogen-bond acceptors (Lipinski definition) is 3. The Labute approximate surface area is 90.1 Å². The second-order valence-corrected chi connectivity index (χ2v) is 4.82. The molecule has 0 aromatic carbocycles. The van der Waals surface area contributed by atoms with Crippen LogP contribution in [0.4, 0.5) is 13.2 Å². The van der Waals surface area contributed by atoms with Crippen molar-refractivity contribution in [2.45, 2.75) is 23.9 Å². The highest BCUT2D eigenvalue weighted by atomic mass is 32.2. The lowest BCUT2D eigenvalue weighted by Crippen LogP contribution is -2.25. The summed E-state index contributed by atoms with van der Waals surface area (Å²) in [5.41, 5.74) is 0. The van der Waals surface area contributed by atoms with Gasteiger partial charge in [-0.05, 0) is 6.42 Å². The average Bonchev–Trinajstić information content (AvgIpc) is 2.64. The molecule has 0 spiro atoms. The monoisotopic (exact) mass is 257 g/mol. The number of nitrogens with zero attached hydrogens (tertiary/aromatic N) is 1. The van der Waals surface area contributed by atoms with E-state index in [4.69, 9.17) is 0 Å². The van der Waals surface area contributed by atoms with Gasteiger partial charge in [0.2, 0.25) is 10.0 Å². The van der Waals surface area contributed by atoms with Crippen LogP contribution in [0.3, 0.4) is 0 Å². The number of H-pyrrole nitrogens is 1. The van der Waals surface area contributed by atoms with Crippen LogP contribution < -0.4 is 4.72 Å². The van der Waals surface area contributed by atoms with Gasteiger partial charge in [0.1, 0.15) is 4.90 Å². The molecule has 0 radical (unpaired) electrons. The van der Waals surface area contributed by atoms with Gasteiger partial charge in [0, 0.05) is 19.2 Å². The summed E-state index contributed by atoms with van der Waals surface area (Å²) in [7, 11) is -3.75. The number of nitrogens with one attached hydrogen (secondary N) is 2. The zero-order valence-electron chi connectivity index (χ0n) is 8.08. The van der Waals surface area contributed by atoms with Crippen molar-refractivity contribution < 1.29 is 21.6 Å². The van der Waals surface area contributed by atoms with E-state index in [1.54, 1.807) is 0 Å². The lowest BCUT2D eigenvalue weighted by Gasteiger charge is -2.06. The maximum Gasteiger partial charge on any atom is 0.389 e. The van der Waals surface area contributed by atoms with Crippen molar-refractivity contribution in [2.75, 3.05) is 6.54 Å². The van der Waals surface area contributed by atoms with Crippen molar-refractivity contribution in [1.29, 1.82) is 0 Å². The quantitative estimate of drug-likeness (QED) is 0.774. The molecule has 0 saturated heterocycles. The highest BCUT2D eigenvalue weighted by Gasteiger charge is 2.26. The molecule has 0 aliphatic heterocycles. The van der Waals surface area contributed by atoms with E-state index in [0.29, 0.717) is 0 Å². The largest absolute Gasteiger partial charge is 0.389 e. The highest BCUT2D eigenvalue weighted by molar-refractivity contribution is 7.89. The standard InChI is InChI=1S/C7H10F3N3O2S/c8-7(9,10)2-1-3-13-16(14,15)6-4-11-12-5-6/h4-5,13H,1-3H2,(H,11,12). The lowest BCUT2D eigenvalue weighted by atomic mass is 10.3. The molecular formula is C7H10F3N3O2S. The Hall–Kier alpha value is -1.09. The SMILES string of the molecule is O=S(=O)(NCCCC(F)(F)F)c1cn[nH]c1. The van der Waals surface area contributed by atoms with E-state index >= 15 is 0 Å². The zero-order valence-corrected chi connectivity index (χ0v) is 8.90. The molecule has 0 fully saturated rings. The first kappa shape index (κ1) is 13.0. The molecule has 0 amide bonds. The fourth-order valence-electron chi connectivity index (χ4n) is 0.965. The molecule has 1 rings (SSSR count). The number of aromatic nitrogens is 2. The Balaban J connectivity index is 2.39. The van der Waals surface area contributed by atoms with E-state index < -0.39 is 22.6 Å². The molecule has 0 unspecified atom stereocenters. The fraction of sp³-hybridized carbons (Fsp3) is 0.571. The number of rotatable bonds is 5. The Kier molecular flexibility index (Phi) is 3.92. The Morgan fingerprint density at radius 1 is 1.44 bits per heavy atom. The Morgan fingerprint density at radius 2 is 2.12 bits per heavy atom. The van der Waals surface area contributed by atoms with Gasteiger partial charge in [0.15, 0.2) is 0 Å². The molecule has 92 valence electrons. The third kappa shape index (κ3) is 4.19. The van der Waals surface area contributed by atoms with Gasteiger partial charge in [-0.3, -0.25) is 5.10 Å². The van der Waals surface area contributed by atoms with Gasteiger partial charge in [0.05, 0.1) is 6.20 Å². The van der Waals surface area contributed by atoms with Crippen LogP contribution in [0, 0.1) is 0 Å². The van der Waals surface area contributed by atoms with Crippen molar-refractivity contribution in [3.63, 3.8) is 0 Å². The average molecular weight is 257 g/mol. The van der Waals surface area contributed by atoms with Crippen LogP contribution in [0.2, 0.25) is 0 Å². The molecule has 2 N–H and O–H groups in total. The zero-order chi connectivity index (χ0) is 12.2. The normalized spacial score (nSPS) is 12.9. The third-order valence-corrected chi connectivity index (χ3v) is 3.14. The molecule has 0 atom stereocenters.